The van der Waals surface area contributed by atoms with E-state index in [9.17, 15) is 0 Å². The lowest BCUT2D eigenvalue weighted by molar-refractivity contribution is 0.350. The molecule has 8 heteroatoms. The van der Waals surface area contributed by atoms with Crippen molar-refractivity contribution in [2.24, 2.45) is 0 Å². The molecule has 3 aromatic carbocycles. The predicted molar refractivity (Wildman–Crippen MR) is 141 cm³/mol. The average Bonchev–Trinajstić information content (AvgIpc) is 3.30. The minimum absolute atomic E-state index is 0.245. The SMILES string of the molecule is COc1cccc(/C=C/C2=C[C@@H](c3cccc(OC)c3OC)N(c3ccc(Cl)cc3Cl)N2)c1OC. The van der Waals surface area contributed by atoms with Crippen LogP contribution in [0.4, 0.5) is 5.69 Å². The summed E-state index contributed by atoms with van der Waals surface area (Å²) in [5.74, 6) is 2.61. The van der Waals surface area contributed by atoms with Gasteiger partial charge in [0.1, 0.15) is 0 Å². The van der Waals surface area contributed by atoms with Crippen molar-refractivity contribution in [3.8, 4) is 23.0 Å². The van der Waals surface area contributed by atoms with E-state index in [1.54, 1.807) is 40.6 Å². The van der Waals surface area contributed by atoms with Gasteiger partial charge in [0.25, 0.3) is 0 Å². The number of hydrogen-bond donors (Lipinski definition) is 1. The van der Waals surface area contributed by atoms with Crippen molar-refractivity contribution < 1.29 is 18.9 Å². The van der Waals surface area contributed by atoms with Crippen LogP contribution in [0.1, 0.15) is 17.2 Å². The second-order valence-corrected chi connectivity index (χ2v) is 8.49. The molecule has 0 spiro atoms. The Morgan fingerprint density at radius 3 is 2.14 bits per heavy atom. The number of anilines is 1. The Hall–Kier alpha value is -3.48. The van der Waals surface area contributed by atoms with Gasteiger partial charge in [-0.3, -0.25) is 10.4 Å². The van der Waals surface area contributed by atoms with Crippen molar-refractivity contribution in [3.63, 3.8) is 0 Å². The normalized spacial score (nSPS) is 15.1. The molecule has 0 aliphatic carbocycles. The molecule has 4 rings (SSSR count). The van der Waals surface area contributed by atoms with Crippen LogP contribution in [0.5, 0.6) is 23.0 Å². The molecule has 0 aromatic heterocycles. The smallest absolute Gasteiger partial charge is 0.167 e. The van der Waals surface area contributed by atoms with Crippen LogP contribution in [0, 0.1) is 0 Å². The highest BCUT2D eigenvalue weighted by molar-refractivity contribution is 6.36. The summed E-state index contributed by atoms with van der Waals surface area (Å²) in [6, 6.07) is 16.7. The van der Waals surface area contributed by atoms with Gasteiger partial charge >= 0.3 is 0 Å². The number of methoxy groups -OCH3 is 4. The first-order valence-electron chi connectivity index (χ1n) is 10.8. The Bertz CT molecular complexity index is 1280. The Balaban J connectivity index is 1.77. The summed E-state index contributed by atoms with van der Waals surface area (Å²) in [4.78, 5) is 0. The predicted octanol–water partition coefficient (Wildman–Crippen LogP) is 6.69. The average molecular weight is 513 g/mol. The van der Waals surface area contributed by atoms with Crippen molar-refractivity contribution in [3.05, 3.63) is 93.6 Å². The summed E-state index contributed by atoms with van der Waals surface area (Å²) in [6.45, 7) is 0. The topological polar surface area (TPSA) is 52.2 Å². The number of allylic oxidation sites excluding steroid dienone is 1. The van der Waals surface area contributed by atoms with Crippen LogP contribution in [0.3, 0.4) is 0 Å². The van der Waals surface area contributed by atoms with Gasteiger partial charge in [-0.25, -0.2) is 0 Å². The Morgan fingerprint density at radius 1 is 0.800 bits per heavy atom. The first-order chi connectivity index (χ1) is 17.0. The summed E-state index contributed by atoms with van der Waals surface area (Å²) >= 11 is 12.8. The maximum Gasteiger partial charge on any atom is 0.167 e. The molecular weight excluding hydrogens is 487 g/mol. The summed E-state index contributed by atoms with van der Waals surface area (Å²) in [6.07, 6.45) is 6.03. The van der Waals surface area contributed by atoms with E-state index < -0.39 is 0 Å². The van der Waals surface area contributed by atoms with Crippen molar-refractivity contribution >= 4 is 35.0 Å². The number of benzene rings is 3. The van der Waals surface area contributed by atoms with E-state index in [1.807, 2.05) is 59.6 Å². The van der Waals surface area contributed by atoms with E-state index >= 15 is 0 Å². The molecule has 0 fully saturated rings. The molecule has 35 heavy (non-hydrogen) atoms. The molecule has 0 saturated heterocycles. The number of halogens is 2. The van der Waals surface area contributed by atoms with Gasteiger partial charge in [0, 0.05) is 16.1 Å². The lowest BCUT2D eigenvalue weighted by Gasteiger charge is -2.29. The van der Waals surface area contributed by atoms with Gasteiger partial charge in [-0.15, -0.1) is 0 Å². The van der Waals surface area contributed by atoms with Gasteiger partial charge < -0.3 is 18.9 Å². The fourth-order valence-electron chi connectivity index (χ4n) is 4.07. The van der Waals surface area contributed by atoms with Crippen LogP contribution in [-0.4, -0.2) is 28.4 Å². The molecule has 1 aliphatic rings. The number of nitrogens with zero attached hydrogens (tertiary/aromatic N) is 1. The molecule has 1 atom stereocenters. The van der Waals surface area contributed by atoms with Gasteiger partial charge in [0.2, 0.25) is 0 Å². The van der Waals surface area contributed by atoms with Crippen molar-refractivity contribution in [2.75, 3.05) is 33.4 Å². The van der Waals surface area contributed by atoms with Crippen LogP contribution in [-0.2, 0) is 0 Å². The summed E-state index contributed by atoms with van der Waals surface area (Å²) in [5, 5.41) is 3.05. The van der Waals surface area contributed by atoms with Crippen LogP contribution in [0.25, 0.3) is 6.08 Å². The standard InChI is InChI=1S/C27H26Cl2N2O4/c1-32-24-9-5-7-17(26(24)34-3)11-13-19-16-23(20-8-6-10-25(33-2)27(20)35-4)31(30-19)22-14-12-18(28)15-21(22)29/h5-16,23,30H,1-4H3/b13-11+/t23-/m0/s1. The molecular formula is C27H26Cl2N2O4. The fraction of sp³-hybridized carbons (Fsp3) is 0.185. The van der Waals surface area contributed by atoms with Gasteiger partial charge in [-0.05, 0) is 48.6 Å². The maximum atomic E-state index is 6.59. The molecule has 0 radical (unpaired) electrons. The lowest BCUT2D eigenvalue weighted by Crippen LogP contribution is -2.34. The first-order valence-corrected chi connectivity index (χ1v) is 11.6. The fourth-order valence-corrected chi connectivity index (χ4v) is 4.57. The van der Waals surface area contributed by atoms with E-state index in [0.29, 0.717) is 33.0 Å². The molecule has 1 N–H and O–H groups in total. The zero-order valence-electron chi connectivity index (χ0n) is 19.8. The lowest BCUT2D eigenvalue weighted by atomic mass is 10.0. The second kappa shape index (κ2) is 10.8. The Labute approximate surface area is 215 Å². The van der Waals surface area contributed by atoms with E-state index in [0.717, 1.165) is 22.5 Å². The van der Waals surface area contributed by atoms with Crippen molar-refractivity contribution in [1.82, 2.24) is 5.43 Å². The van der Waals surface area contributed by atoms with Gasteiger partial charge in [-0.1, -0.05) is 47.5 Å². The van der Waals surface area contributed by atoms with Crippen LogP contribution >= 0.6 is 23.2 Å². The number of hydrazine groups is 1. The maximum absolute atomic E-state index is 6.59. The minimum atomic E-state index is -0.245. The minimum Gasteiger partial charge on any atom is -0.493 e. The van der Waals surface area contributed by atoms with Gasteiger partial charge in [-0.2, -0.15) is 0 Å². The Morgan fingerprint density at radius 2 is 1.49 bits per heavy atom. The molecule has 6 nitrogen and oxygen atoms in total. The molecule has 0 bridgehead atoms. The number of rotatable bonds is 8. The third-order valence-corrected chi connectivity index (χ3v) is 6.20. The zero-order valence-corrected chi connectivity index (χ0v) is 21.4. The third-order valence-electron chi connectivity index (χ3n) is 5.66. The van der Waals surface area contributed by atoms with E-state index in [4.69, 9.17) is 42.1 Å². The number of ether oxygens (including phenoxy) is 4. The van der Waals surface area contributed by atoms with Gasteiger partial charge in [0.15, 0.2) is 23.0 Å². The quantitative estimate of drug-likeness (QED) is 0.362. The highest BCUT2D eigenvalue weighted by Gasteiger charge is 2.30. The van der Waals surface area contributed by atoms with Gasteiger partial charge in [0.05, 0.1) is 50.9 Å². The first kappa shape index (κ1) is 24.6. The summed E-state index contributed by atoms with van der Waals surface area (Å²) in [5.41, 5.74) is 6.87. The molecule has 0 unspecified atom stereocenters. The second-order valence-electron chi connectivity index (χ2n) is 7.64. The number of hydrogen-bond acceptors (Lipinski definition) is 6. The van der Waals surface area contributed by atoms with Crippen LogP contribution in [0.2, 0.25) is 10.0 Å². The highest BCUT2D eigenvalue weighted by Crippen LogP contribution is 2.43. The zero-order chi connectivity index (χ0) is 24.9. The molecule has 1 aliphatic heterocycles. The highest BCUT2D eigenvalue weighted by atomic mass is 35.5. The van der Waals surface area contributed by atoms with E-state index in [1.165, 1.54) is 0 Å². The largest absolute Gasteiger partial charge is 0.493 e. The van der Waals surface area contributed by atoms with Crippen molar-refractivity contribution in [2.45, 2.75) is 6.04 Å². The number of nitrogens with one attached hydrogen (secondary N) is 1. The molecule has 0 amide bonds. The number of para-hydroxylation sites is 2. The molecule has 1 heterocycles. The Kier molecular flexibility index (Phi) is 7.63. The molecule has 182 valence electrons. The van der Waals surface area contributed by atoms with Crippen LogP contribution < -0.4 is 29.4 Å². The summed E-state index contributed by atoms with van der Waals surface area (Å²) in [7, 11) is 6.49. The van der Waals surface area contributed by atoms with E-state index in [2.05, 4.69) is 11.5 Å². The monoisotopic (exact) mass is 512 g/mol. The summed E-state index contributed by atoms with van der Waals surface area (Å²) < 4.78 is 22.2. The molecule has 3 aromatic rings. The molecule has 0 saturated carbocycles. The van der Waals surface area contributed by atoms with E-state index in [-0.39, 0.29) is 6.04 Å². The van der Waals surface area contributed by atoms with Crippen molar-refractivity contribution in [1.29, 1.82) is 0 Å². The van der Waals surface area contributed by atoms with Crippen LogP contribution in [0.15, 0.2) is 72.4 Å². The third kappa shape index (κ3) is 4.99.